The minimum absolute atomic E-state index is 0.136. The van der Waals surface area contributed by atoms with E-state index in [-0.39, 0.29) is 17.5 Å². The number of hydrogen-bond donors (Lipinski definition) is 1. The van der Waals surface area contributed by atoms with Crippen LogP contribution in [0.15, 0.2) is 84.0 Å². The zero-order valence-electron chi connectivity index (χ0n) is 16.3. The van der Waals surface area contributed by atoms with Gasteiger partial charge in [0.25, 0.3) is 0 Å². The summed E-state index contributed by atoms with van der Waals surface area (Å²) >= 11 is 7.23. The van der Waals surface area contributed by atoms with Crippen molar-refractivity contribution in [2.45, 2.75) is 11.6 Å². The van der Waals surface area contributed by atoms with Gasteiger partial charge in [0.1, 0.15) is 11.6 Å². The molecule has 4 rings (SSSR count). The lowest BCUT2D eigenvalue weighted by Crippen LogP contribution is -2.14. The van der Waals surface area contributed by atoms with E-state index in [9.17, 15) is 9.18 Å². The molecule has 0 radical (unpaired) electrons. The Labute approximate surface area is 188 Å². The highest BCUT2D eigenvalue weighted by Crippen LogP contribution is 2.24. The van der Waals surface area contributed by atoms with Crippen molar-refractivity contribution in [2.75, 3.05) is 11.1 Å². The predicted molar refractivity (Wildman–Crippen MR) is 121 cm³/mol. The number of rotatable bonds is 7. The van der Waals surface area contributed by atoms with Crippen molar-refractivity contribution in [3.8, 4) is 5.69 Å². The molecular formula is C23H18ClFN4OS. The average molecular weight is 453 g/mol. The Morgan fingerprint density at radius 2 is 1.77 bits per heavy atom. The van der Waals surface area contributed by atoms with E-state index in [2.05, 4.69) is 15.5 Å². The Morgan fingerprint density at radius 1 is 1.00 bits per heavy atom. The molecule has 0 spiro atoms. The van der Waals surface area contributed by atoms with Gasteiger partial charge < -0.3 is 5.32 Å². The van der Waals surface area contributed by atoms with Gasteiger partial charge in [-0.15, -0.1) is 10.2 Å². The van der Waals surface area contributed by atoms with E-state index in [4.69, 9.17) is 11.6 Å². The topological polar surface area (TPSA) is 59.8 Å². The maximum Gasteiger partial charge on any atom is 0.234 e. The Bertz CT molecular complexity index is 1180. The molecule has 0 unspecified atom stereocenters. The predicted octanol–water partition coefficient (Wildman–Crippen LogP) is 5.38. The molecule has 0 bridgehead atoms. The summed E-state index contributed by atoms with van der Waals surface area (Å²) in [5.74, 6) is 0.328. The van der Waals surface area contributed by atoms with Crippen LogP contribution in [0.3, 0.4) is 0 Å². The van der Waals surface area contributed by atoms with Crippen LogP contribution in [0.1, 0.15) is 11.4 Å². The first-order valence-corrected chi connectivity index (χ1v) is 10.9. The van der Waals surface area contributed by atoms with Crippen molar-refractivity contribution in [1.29, 1.82) is 0 Å². The van der Waals surface area contributed by atoms with Crippen LogP contribution >= 0.6 is 23.4 Å². The number of anilines is 1. The van der Waals surface area contributed by atoms with Crippen LogP contribution in [0.5, 0.6) is 0 Å². The monoisotopic (exact) mass is 452 g/mol. The van der Waals surface area contributed by atoms with Crippen LogP contribution in [0, 0.1) is 5.82 Å². The third kappa shape index (κ3) is 5.51. The minimum atomic E-state index is -0.323. The van der Waals surface area contributed by atoms with Gasteiger partial charge in [-0.3, -0.25) is 9.36 Å². The van der Waals surface area contributed by atoms with E-state index < -0.39 is 0 Å². The Balaban J connectivity index is 1.55. The summed E-state index contributed by atoms with van der Waals surface area (Å²) in [5, 5.41) is 12.5. The van der Waals surface area contributed by atoms with Gasteiger partial charge in [-0.1, -0.05) is 59.8 Å². The molecule has 1 heterocycles. The van der Waals surface area contributed by atoms with Gasteiger partial charge in [-0.05, 0) is 48.0 Å². The maximum absolute atomic E-state index is 13.5. The fourth-order valence-electron chi connectivity index (χ4n) is 3.03. The number of benzene rings is 3. The summed E-state index contributed by atoms with van der Waals surface area (Å²) in [7, 11) is 0. The summed E-state index contributed by atoms with van der Waals surface area (Å²) in [4.78, 5) is 12.4. The Hall–Kier alpha value is -3.16. The molecular weight excluding hydrogens is 435 g/mol. The first-order valence-electron chi connectivity index (χ1n) is 9.51. The molecule has 1 amide bonds. The number of amides is 1. The molecule has 8 heteroatoms. The van der Waals surface area contributed by atoms with Gasteiger partial charge in [-0.2, -0.15) is 0 Å². The van der Waals surface area contributed by atoms with E-state index in [1.807, 2.05) is 34.9 Å². The van der Waals surface area contributed by atoms with E-state index in [0.29, 0.717) is 28.1 Å². The van der Waals surface area contributed by atoms with Crippen molar-refractivity contribution < 1.29 is 9.18 Å². The second-order valence-electron chi connectivity index (χ2n) is 6.72. The molecule has 31 heavy (non-hydrogen) atoms. The van der Waals surface area contributed by atoms with E-state index in [1.54, 1.807) is 36.4 Å². The van der Waals surface area contributed by atoms with Gasteiger partial charge in [0, 0.05) is 22.8 Å². The van der Waals surface area contributed by atoms with Gasteiger partial charge in [0.05, 0.1) is 5.75 Å². The van der Waals surface area contributed by atoms with Crippen LogP contribution in [-0.4, -0.2) is 26.4 Å². The van der Waals surface area contributed by atoms with Crippen molar-refractivity contribution >= 4 is 35.0 Å². The largest absolute Gasteiger partial charge is 0.325 e. The fourth-order valence-corrected chi connectivity index (χ4v) is 3.99. The number of thioether (sulfide) groups is 1. The zero-order chi connectivity index (χ0) is 21.6. The van der Waals surface area contributed by atoms with Crippen LogP contribution < -0.4 is 5.32 Å². The van der Waals surface area contributed by atoms with Crippen molar-refractivity contribution in [3.05, 3.63) is 101 Å². The third-order valence-electron chi connectivity index (χ3n) is 4.43. The van der Waals surface area contributed by atoms with Gasteiger partial charge in [0.2, 0.25) is 5.91 Å². The average Bonchev–Trinajstić information content (AvgIpc) is 3.16. The summed E-state index contributed by atoms with van der Waals surface area (Å²) in [6.07, 6.45) is 0.556. The fraction of sp³-hybridized carbons (Fsp3) is 0.0870. The molecule has 5 nitrogen and oxygen atoms in total. The number of carbonyl (C=O) groups is 1. The summed E-state index contributed by atoms with van der Waals surface area (Å²) in [5.41, 5.74) is 2.44. The van der Waals surface area contributed by atoms with Gasteiger partial charge >= 0.3 is 0 Å². The Kier molecular flexibility index (Phi) is 6.64. The smallest absolute Gasteiger partial charge is 0.234 e. The second-order valence-corrected chi connectivity index (χ2v) is 8.10. The van der Waals surface area contributed by atoms with E-state index in [1.165, 1.54) is 23.9 Å². The van der Waals surface area contributed by atoms with Crippen molar-refractivity contribution in [3.63, 3.8) is 0 Å². The van der Waals surface area contributed by atoms with Gasteiger partial charge in [0.15, 0.2) is 5.16 Å². The number of carbonyl (C=O) groups excluding carboxylic acids is 1. The molecule has 4 aromatic rings. The van der Waals surface area contributed by atoms with Gasteiger partial charge in [-0.25, -0.2) is 4.39 Å². The zero-order valence-corrected chi connectivity index (χ0v) is 17.9. The SMILES string of the molecule is O=C(CSc1nnc(Cc2ccccc2)n1-c1ccc(F)cc1)Nc1cccc(Cl)c1. The molecule has 1 N–H and O–H groups in total. The molecule has 1 aromatic heterocycles. The number of halogens is 2. The van der Waals surface area contributed by atoms with E-state index >= 15 is 0 Å². The second kappa shape index (κ2) is 9.76. The lowest BCUT2D eigenvalue weighted by atomic mass is 10.1. The highest BCUT2D eigenvalue weighted by Gasteiger charge is 2.16. The third-order valence-corrected chi connectivity index (χ3v) is 5.60. The maximum atomic E-state index is 13.5. The molecule has 0 fully saturated rings. The standard InChI is InChI=1S/C23H18ClFN4OS/c24-17-7-4-8-19(14-17)26-22(30)15-31-23-28-27-21(13-16-5-2-1-3-6-16)29(23)20-11-9-18(25)10-12-20/h1-12,14H,13,15H2,(H,26,30). The number of nitrogens with zero attached hydrogens (tertiary/aromatic N) is 3. The Morgan fingerprint density at radius 3 is 2.52 bits per heavy atom. The lowest BCUT2D eigenvalue weighted by molar-refractivity contribution is -0.113. The van der Waals surface area contributed by atoms with Crippen LogP contribution in [-0.2, 0) is 11.2 Å². The van der Waals surface area contributed by atoms with Crippen molar-refractivity contribution in [1.82, 2.24) is 14.8 Å². The summed E-state index contributed by atoms with van der Waals surface area (Å²) in [6, 6.07) is 23.0. The normalized spacial score (nSPS) is 10.8. The molecule has 3 aromatic carbocycles. The molecule has 0 aliphatic rings. The first-order chi connectivity index (χ1) is 15.1. The number of hydrogen-bond acceptors (Lipinski definition) is 4. The highest BCUT2D eigenvalue weighted by molar-refractivity contribution is 7.99. The molecule has 0 aliphatic heterocycles. The highest BCUT2D eigenvalue weighted by atomic mass is 35.5. The quantitative estimate of drug-likeness (QED) is 0.382. The van der Waals surface area contributed by atoms with Crippen molar-refractivity contribution in [2.24, 2.45) is 0 Å². The summed E-state index contributed by atoms with van der Waals surface area (Å²) < 4.78 is 15.3. The van der Waals surface area contributed by atoms with E-state index in [0.717, 1.165) is 11.3 Å². The molecule has 0 saturated heterocycles. The number of nitrogens with one attached hydrogen (secondary N) is 1. The lowest BCUT2D eigenvalue weighted by Gasteiger charge is -2.11. The number of aromatic nitrogens is 3. The summed E-state index contributed by atoms with van der Waals surface area (Å²) in [6.45, 7) is 0. The van der Waals surface area contributed by atoms with Crippen LogP contribution in [0.2, 0.25) is 5.02 Å². The molecule has 0 atom stereocenters. The first kappa shape index (κ1) is 21.1. The van der Waals surface area contributed by atoms with Crippen LogP contribution in [0.4, 0.5) is 10.1 Å². The van der Waals surface area contributed by atoms with Crippen LogP contribution in [0.25, 0.3) is 5.69 Å². The molecule has 0 aliphatic carbocycles. The molecule has 0 saturated carbocycles. The molecule has 156 valence electrons. The minimum Gasteiger partial charge on any atom is -0.325 e.